The molecule has 5 N–H and O–H groups in total. The van der Waals surface area contributed by atoms with Crippen LogP contribution in [-0.4, -0.2) is 207 Å². The van der Waals surface area contributed by atoms with Gasteiger partial charge >= 0.3 is 23.9 Å². The van der Waals surface area contributed by atoms with E-state index in [1.807, 2.05) is 146 Å². The topological polar surface area (TPSA) is 292 Å². The maximum absolute atomic E-state index is 13.5. The molecule has 0 amide bonds. The van der Waals surface area contributed by atoms with E-state index in [1.165, 1.54) is 42.5 Å². The minimum Gasteiger partial charge on any atom is -0.504 e. The molecule has 24 heteroatoms. The molecule has 144 heavy (non-hydrogen) atoms. The maximum atomic E-state index is 13.5. The van der Waals surface area contributed by atoms with Crippen LogP contribution in [0.4, 0.5) is 0 Å². The van der Waals surface area contributed by atoms with E-state index >= 15 is 0 Å². The molecule has 8 heterocycles. The predicted octanol–water partition coefficient (Wildman–Crippen LogP) is 17.2. The third kappa shape index (κ3) is 14.1. The Morgan fingerprint density at radius 3 is 1.28 bits per heavy atom. The summed E-state index contributed by atoms with van der Waals surface area (Å²) >= 11 is 0. The first-order chi connectivity index (χ1) is 69.3. The number of likely N-dealkylation sites (tertiary alicyclic amines) is 4. The normalized spacial score (nSPS) is 30.9. The highest BCUT2D eigenvalue weighted by Gasteiger charge is 2.77. The molecule has 0 aromatic heterocycles. The lowest BCUT2D eigenvalue weighted by molar-refractivity contribution is -0.191. The summed E-state index contributed by atoms with van der Waals surface area (Å²) in [6.07, 6.45) is 14.1. The summed E-state index contributed by atoms with van der Waals surface area (Å²) < 4.78 is 61.1. The zero-order chi connectivity index (χ0) is 100.0. The molecule has 742 valence electrons. The number of hydrogen-bond acceptors (Lipinski definition) is 24. The lowest BCUT2D eigenvalue weighted by atomic mass is 9.48. The zero-order valence-electron chi connectivity index (χ0n) is 82.5. The Kier molecular flexibility index (Phi) is 23.1. The van der Waals surface area contributed by atoms with Gasteiger partial charge in [-0.15, -0.1) is 0 Å². The molecule has 8 fully saturated rings. The third-order valence-electron chi connectivity index (χ3n) is 36.2. The minimum atomic E-state index is -0.925. The van der Waals surface area contributed by atoms with Crippen LogP contribution in [0.1, 0.15) is 197 Å². The van der Waals surface area contributed by atoms with Crippen molar-refractivity contribution < 1.29 is 96.9 Å². The van der Waals surface area contributed by atoms with Crippen molar-refractivity contribution in [2.24, 2.45) is 5.92 Å². The van der Waals surface area contributed by atoms with E-state index in [0.29, 0.717) is 106 Å². The van der Waals surface area contributed by atoms with Crippen LogP contribution in [0.15, 0.2) is 249 Å². The van der Waals surface area contributed by atoms with Crippen LogP contribution >= 0.6 is 0 Å². The summed E-state index contributed by atoms with van der Waals surface area (Å²) in [6.45, 7) is 22.3. The van der Waals surface area contributed by atoms with Crippen molar-refractivity contribution in [3.63, 3.8) is 0 Å². The number of ketones is 1. The fraction of sp³-hybridized carbons (Fsp3) is 0.392. The van der Waals surface area contributed by atoms with Crippen LogP contribution < -0.4 is 47.4 Å². The van der Waals surface area contributed by atoms with E-state index in [0.717, 1.165) is 164 Å². The van der Waals surface area contributed by atoms with Gasteiger partial charge in [-0.1, -0.05) is 160 Å². The molecule has 4 spiro atoms. The highest BCUT2D eigenvalue weighted by Crippen LogP contribution is 2.72. The second-order valence-corrected chi connectivity index (χ2v) is 43.2. The van der Waals surface area contributed by atoms with Crippen LogP contribution in [0.3, 0.4) is 0 Å². The molecule has 10 aromatic carbocycles. The molecule has 8 bridgehead atoms. The van der Waals surface area contributed by atoms with Gasteiger partial charge < -0.3 is 92.5 Å². The van der Waals surface area contributed by atoms with Crippen molar-refractivity contribution in [1.82, 2.24) is 19.6 Å². The molecule has 10 aromatic rings. The van der Waals surface area contributed by atoms with Gasteiger partial charge in [-0.3, -0.25) is 14.4 Å². The van der Waals surface area contributed by atoms with Gasteiger partial charge in [-0.2, -0.15) is 0 Å². The molecule has 8 aliphatic heterocycles. The molecule has 24 nitrogen and oxygen atoms in total. The number of carbonyl (C=O) groups is 5. The molecule has 15 unspecified atom stereocenters. The Labute approximate surface area is 838 Å². The van der Waals surface area contributed by atoms with E-state index in [9.17, 15) is 49.5 Å². The van der Waals surface area contributed by atoms with Crippen LogP contribution in [0, 0.1) is 5.92 Å². The molecule has 19 atom stereocenters. The Balaban J connectivity index is 0.000000107. The number of rotatable bonds is 16. The number of aromatic hydroxyl groups is 1. The Morgan fingerprint density at radius 2 is 0.806 bits per heavy atom. The van der Waals surface area contributed by atoms with E-state index < -0.39 is 73.8 Å². The summed E-state index contributed by atoms with van der Waals surface area (Å²) in [5.41, 5.74) is 9.87. The number of esters is 4. The average Bonchev–Trinajstić information content (AvgIpc) is 1.50. The number of para-hydroxylation sites is 1. The van der Waals surface area contributed by atoms with Crippen molar-refractivity contribution in [3.8, 4) is 69.0 Å². The maximum Gasteiger partial charge on any atom is 0.343 e. The van der Waals surface area contributed by atoms with Crippen LogP contribution in [-0.2, 0) is 61.7 Å². The number of piperidine rings is 4. The second-order valence-electron chi connectivity index (χ2n) is 43.2. The lowest BCUT2D eigenvalue weighted by Crippen LogP contribution is -2.75. The molecular formula is C120H122N4O20. The smallest absolute Gasteiger partial charge is 0.343 e. The molecule has 4 saturated heterocycles. The first-order valence-corrected chi connectivity index (χ1v) is 50.9. The van der Waals surface area contributed by atoms with Crippen LogP contribution in [0.2, 0.25) is 0 Å². The fourth-order valence-corrected chi connectivity index (χ4v) is 28.9. The van der Waals surface area contributed by atoms with Gasteiger partial charge in [0.05, 0.1) is 68.6 Å². The highest BCUT2D eigenvalue weighted by molar-refractivity contribution is 6.09. The van der Waals surface area contributed by atoms with E-state index in [4.69, 9.17) is 47.4 Å². The molecule has 0 radical (unpaired) electrons. The number of phenols is 1. The minimum absolute atomic E-state index is 0.0122. The Morgan fingerprint density at radius 1 is 0.410 bits per heavy atom. The molecule has 26 rings (SSSR count). The van der Waals surface area contributed by atoms with Crippen LogP contribution in [0.5, 0.6) is 69.0 Å². The number of aliphatic hydroxyl groups is 4. The zero-order valence-corrected chi connectivity index (χ0v) is 82.5. The van der Waals surface area contributed by atoms with Gasteiger partial charge in [0.15, 0.2) is 63.3 Å². The van der Waals surface area contributed by atoms with Gasteiger partial charge in [0.25, 0.3) is 0 Å². The number of methoxy groups -OCH3 is 1. The van der Waals surface area contributed by atoms with Crippen molar-refractivity contribution in [1.29, 1.82) is 0 Å². The summed E-state index contributed by atoms with van der Waals surface area (Å²) in [5.74, 6) is 2.82. The highest BCUT2D eigenvalue weighted by atomic mass is 16.6. The van der Waals surface area contributed by atoms with Gasteiger partial charge in [-0.05, 0) is 311 Å². The van der Waals surface area contributed by atoms with E-state index in [2.05, 4.69) is 86.6 Å². The third-order valence-corrected chi connectivity index (χ3v) is 36.2. The van der Waals surface area contributed by atoms with E-state index in [1.54, 1.807) is 49.4 Å². The number of phenolic OH excluding ortho intramolecular Hbond substituents is 1. The number of hydrogen-bond donors (Lipinski definition) is 5. The fourth-order valence-electron chi connectivity index (χ4n) is 28.9. The SMILES string of the molecule is C=C1CC[C@@]2(O)C3Cc4ccc(OC(=O)C(C)c5cccc(C(=O)c6ccccc6)c5)c5c4C2(CCN3C)C1O5.C=C1CC[C@@]2(O)C3Cc4ccc(OC(=O)C(C)c5cccc(Oc6ccccc6)c5)c5c4C2(CCN3C)C1O5.C=C1CC[C@@]2(O)C3Cc4ccc(OC(=O)c5ccc(O)c(OC)c5)c5c4C2(CCN3C)C1O5.CC1CC[C@@]2(O)C3Cc4ccc(OC(=O)/C=C/c5ccccc5)c5c4C2(CCN3C)C1O5. The predicted molar refractivity (Wildman–Crippen MR) is 541 cm³/mol. The van der Waals surface area contributed by atoms with Gasteiger partial charge in [0.1, 0.15) is 35.9 Å². The van der Waals surface area contributed by atoms with E-state index in [-0.39, 0.29) is 77.4 Å². The standard InChI is InChI=1S/C34H33NO5.C33H33NO5.C27H29NO4.C26H27NO6/c1-20-14-15-34(38)27-19-24-12-13-26(30-28(24)33(34,31(20)40-30)16-17-35(27)3)39-32(37)21(2)23-10-7-11-25(18-23)29(36)22-8-5-4-6-9-22;1-20-14-15-33(36)27-19-23-12-13-26(29-28(23)32(33,30(20)39-29)16-17-34(27)3)38-31(35)21(2)22-8-7-11-25(18-22)37-24-9-5-4-6-10-24;1-17-12-13-27(30)21-16-19-9-10-20(31-22(29)11-8-18-6-4-3-5-7-18)24-23(19)26(27,25(17)32-24)14-15-28(21)2;1-14-8-9-26(30)20-13-15-5-7-18(32-24(29)16-4-6-17(28)19(12-16)31-3)22-21(15)25(26,23(14)33-22)10-11-27(20)2/h4-13,18,21,27,31,38H,1,14-17,19H2,2-3H3;4-13,18,21,27,30,36H,1,14-17,19H2,2-3H3;3-11,17,21,25,30H,12-16H2,1-2H3;4-7,12,20,23,28,30H,1,8-11,13H2,2-3H3/b;;11-8+;/t21?,27?,31?,33?,34-;21?,27?,30?,32?,33-;17?,21?,25?,26?,27-;20?,23?,25?,26-/m1111/s1. The van der Waals surface area contributed by atoms with Crippen molar-refractivity contribution in [2.75, 3.05) is 61.5 Å². The number of benzene rings is 10. The molecule has 16 aliphatic rings. The van der Waals surface area contributed by atoms with Crippen molar-refractivity contribution in [2.45, 2.75) is 228 Å². The number of ether oxygens (including phenoxy) is 10. The second kappa shape index (κ2) is 35.2. The van der Waals surface area contributed by atoms with Crippen molar-refractivity contribution >= 4 is 35.7 Å². The molecule has 8 aliphatic carbocycles. The number of carbonyl (C=O) groups excluding carboxylic acids is 5. The summed E-state index contributed by atoms with van der Waals surface area (Å²) in [6, 6.07) is 63.0. The van der Waals surface area contributed by atoms with Crippen molar-refractivity contribution in [3.05, 3.63) is 327 Å². The number of likely N-dealkylation sites (N-methyl/N-ethyl adjacent to an activating group) is 4. The lowest BCUT2D eigenvalue weighted by Gasteiger charge is -2.63. The molecular weight excluding hydrogens is 1820 g/mol. The monoisotopic (exact) mass is 1940 g/mol. The first-order valence-electron chi connectivity index (χ1n) is 50.9. The molecule has 4 saturated carbocycles. The summed E-state index contributed by atoms with van der Waals surface area (Å²) in [4.78, 5) is 74.7. The first kappa shape index (κ1) is 94.6. The summed E-state index contributed by atoms with van der Waals surface area (Å²) in [5, 5.41) is 58.6. The van der Waals surface area contributed by atoms with Gasteiger partial charge in [0, 0.05) is 63.6 Å². The summed E-state index contributed by atoms with van der Waals surface area (Å²) in [7, 11) is 9.83. The largest absolute Gasteiger partial charge is 0.504 e. The van der Waals surface area contributed by atoms with Crippen LogP contribution in [0.25, 0.3) is 6.08 Å². The van der Waals surface area contributed by atoms with Gasteiger partial charge in [-0.25, -0.2) is 9.59 Å². The Bertz CT molecular complexity index is 7010. The van der Waals surface area contributed by atoms with Gasteiger partial charge in [0.2, 0.25) is 0 Å². The Hall–Kier alpha value is -13.0. The number of nitrogens with zero attached hydrogens (tertiary/aromatic N) is 4. The quantitative estimate of drug-likeness (QED) is 0.0197. The average molecular weight is 1940 g/mol.